The number of nitrogens with one attached hydrogen (secondary N) is 2. The van der Waals surface area contributed by atoms with Crippen LogP contribution in [0.2, 0.25) is 0 Å². The maximum atomic E-state index is 12.2. The fraction of sp³-hybridized carbons (Fsp3) is 0.308. The summed E-state index contributed by atoms with van der Waals surface area (Å²) in [5.41, 5.74) is 0.342. The Morgan fingerprint density at radius 1 is 1.14 bits per heavy atom. The summed E-state index contributed by atoms with van der Waals surface area (Å²) in [7, 11) is 4.50. The van der Waals surface area contributed by atoms with Gasteiger partial charge in [0, 0.05) is 12.1 Å². The molecule has 2 rings (SSSR count). The van der Waals surface area contributed by atoms with Crippen molar-refractivity contribution < 1.29 is 19.0 Å². The molecule has 0 saturated carbocycles. The van der Waals surface area contributed by atoms with E-state index in [0.29, 0.717) is 28.6 Å². The number of amides is 1. The Balaban J connectivity index is 2.22. The summed E-state index contributed by atoms with van der Waals surface area (Å²) in [5, 5.41) is 9.09. The highest BCUT2D eigenvalue weighted by molar-refractivity contribution is 5.97. The summed E-state index contributed by atoms with van der Waals surface area (Å²) < 4.78 is 15.6. The average molecular weight is 292 g/mol. The van der Waals surface area contributed by atoms with E-state index in [-0.39, 0.29) is 12.5 Å². The van der Waals surface area contributed by atoms with Crippen molar-refractivity contribution in [2.45, 2.75) is 6.54 Å². The predicted molar refractivity (Wildman–Crippen MR) is 73.7 cm³/mol. The number of hydrogen-bond donors (Lipinski definition) is 2. The van der Waals surface area contributed by atoms with Crippen molar-refractivity contribution in [2.75, 3.05) is 21.3 Å². The topological polar surface area (TPSA) is 98.4 Å². The third kappa shape index (κ3) is 3.22. The zero-order chi connectivity index (χ0) is 15.2. The lowest BCUT2D eigenvalue weighted by Gasteiger charge is -2.13. The molecule has 8 nitrogen and oxygen atoms in total. The molecule has 112 valence electrons. The summed E-state index contributed by atoms with van der Waals surface area (Å²) in [6, 6.07) is 3.16. The van der Waals surface area contributed by atoms with Gasteiger partial charge in [0.25, 0.3) is 5.91 Å². The van der Waals surface area contributed by atoms with Gasteiger partial charge in [0.1, 0.15) is 17.9 Å². The lowest BCUT2D eigenvalue weighted by atomic mass is 10.1. The van der Waals surface area contributed by atoms with Crippen LogP contribution in [-0.2, 0) is 6.54 Å². The number of aromatic amines is 1. The molecule has 0 atom stereocenters. The van der Waals surface area contributed by atoms with E-state index in [1.165, 1.54) is 27.7 Å². The van der Waals surface area contributed by atoms with Crippen LogP contribution in [0.1, 0.15) is 16.2 Å². The average Bonchev–Trinajstić information content (AvgIpc) is 3.04. The van der Waals surface area contributed by atoms with Gasteiger partial charge in [-0.3, -0.25) is 9.89 Å². The second-order valence-corrected chi connectivity index (χ2v) is 4.02. The molecule has 1 aromatic carbocycles. The van der Waals surface area contributed by atoms with Crippen LogP contribution in [-0.4, -0.2) is 42.4 Å². The summed E-state index contributed by atoms with van der Waals surface area (Å²) in [6.07, 6.45) is 1.37. The fourth-order valence-corrected chi connectivity index (χ4v) is 1.78. The second-order valence-electron chi connectivity index (χ2n) is 4.02. The van der Waals surface area contributed by atoms with Crippen LogP contribution >= 0.6 is 0 Å². The van der Waals surface area contributed by atoms with E-state index < -0.39 is 0 Å². The summed E-state index contributed by atoms with van der Waals surface area (Å²) >= 11 is 0. The van der Waals surface area contributed by atoms with E-state index in [4.69, 9.17) is 14.2 Å². The molecule has 8 heteroatoms. The smallest absolute Gasteiger partial charge is 0.255 e. The number of nitrogens with zero attached hydrogens (tertiary/aromatic N) is 2. The van der Waals surface area contributed by atoms with E-state index in [0.717, 1.165) is 0 Å². The number of H-pyrrole nitrogens is 1. The minimum absolute atomic E-state index is 0.232. The predicted octanol–water partition coefficient (Wildman–Crippen LogP) is 0.760. The van der Waals surface area contributed by atoms with Crippen molar-refractivity contribution in [3.63, 3.8) is 0 Å². The van der Waals surface area contributed by atoms with Crippen LogP contribution in [0.5, 0.6) is 17.2 Å². The van der Waals surface area contributed by atoms with Crippen molar-refractivity contribution in [3.05, 3.63) is 29.8 Å². The third-order valence-electron chi connectivity index (χ3n) is 2.83. The lowest BCUT2D eigenvalue weighted by molar-refractivity contribution is 0.0946. The molecule has 21 heavy (non-hydrogen) atoms. The van der Waals surface area contributed by atoms with E-state index in [1.807, 2.05) is 0 Å². The molecule has 2 N–H and O–H groups in total. The highest BCUT2D eigenvalue weighted by Gasteiger charge is 2.17. The van der Waals surface area contributed by atoms with Crippen LogP contribution in [0.25, 0.3) is 0 Å². The number of carbonyl (C=O) groups excluding carboxylic acids is 1. The van der Waals surface area contributed by atoms with Gasteiger partial charge in [0.15, 0.2) is 11.5 Å². The SMILES string of the molecule is COc1cc(OC)c(C(=O)NCc2ncn[nH]2)cc1OC. The zero-order valence-electron chi connectivity index (χ0n) is 12.0. The minimum Gasteiger partial charge on any atom is -0.496 e. The molecule has 0 spiro atoms. The first-order chi connectivity index (χ1) is 10.2. The largest absolute Gasteiger partial charge is 0.496 e. The first-order valence-electron chi connectivity index (χ1n) is 6.12. The maximum absolute atomic E-state index is 12.2. The molecule has 1 heterocycles. The first kappa shape index (κ1) is 14.6. The molecular weight excluding hydrogens is 276 g/mol. The zero-order valence-corrected chi connectivity index (χ0v) is 12.0. The van der Waals surface area contributed by atoms with Gasteiger partial charge in [-0.25, -0.2) is 4.98 Å². The van der Waals surface area contributed by atoms with Crippen molar-refractivity contribution in [1.82, 2.24) is 20.5 Å². The maximum Gasteiger partial charge on any atom is 0.255 e. The molecule has 1 aromatic heterocycles. The molecule has 1 amide bonds. The Labute approximate surface area is 121 Å². The molecular formula is C13H16N4O4. The van der Waals surface area contributed by atoms with Gasteiger partial charge in [-0.15, -0.1) is 0 Å². The third-order valence-corrected chi connectivity index (χ3v) is 2.83. The number of rotatable bonds is 6. The minimum atomic E-state index is -0.316. The molecule has 0 aliphatic heterocycles. The van der Waals surface area contributed by atoms with E-state index in [1.54, 1.807) is 12.1 Å². The monoisotopic (exact) mass is 292 g/mol. The molecule has 0 aliphatic rings. The van der Waals surface area contributed by atoms with E-state index >= 15 is 0 Å². The number of hydrogen-bond acceptors (Lipinski definition) is 6. The number of aromatic nitrogens is 3. The number of benzene rings is 1. The summed E-state index contributed by atoms with van der Waals surface area (Å²) in [4.78, 5) is 16.2. The normalized spacial score (nSPS) is 10.0. The summed E-state index contributed by atoms with van der Waals surface area (Å²) in [5.74, 6) is 1.57. The van der Waals surface area contributed by atoms with Crippen molar-refractivity contribution >= 4 is 5.91 Å². The highest BCUT2D eigenvalue weighted by atomic mass is 16.5. The Kier molecular flexibility index (Phi) is 4.60. The van der Waals surface area contributed by atoms with Crippen molar-refractivity contribution in [2.24, 2.45) is 0 Å². The van der Waals surface area contributed by atoms with Crippen LogP contribution in [0.3, 0.4) is 0 Å². The Bertz CT molecular complexity index is 613. The van der Waals surface area contributed by atoms with Gasteiger partial charge in [0.05, 0.1) is 33.4 Å². The van der Waals surface area contributed by atoms with Gasteiger partial charge in [-0.05, 0) is 0 Å². The van der Waals surface area contributed by atoms with Crippen LogP contribution in [0, 0.1) is 0 Å². The standard InChI is InChI=1S/C13H16N4O4/c1-19-9-5-11(21-3)10(20-2)4-8(9)13(18)14-6-12-15-7-16-17-12/h4-5,7H,6H2,1-3H3,(H,14,18)(H,15,16,17). The van der Waals surface area contributed by atoms with Crippen LogP contribution < -0.4 is 19.5 Å². The van der Waals surface area contributed by atoms with Gasteiger partial charge in [-0.2, -0.15) is 5.10 Å². The molecule has 2 aromatic rings. The first-order valence-corrected chi connectivity index (χ1v) is 6.12. The second kappa shape index (κ2) is 6.60. The Morgan fingerprint density at radius 3 is 2.38 bits per heavy atom. The van der Waals surface area contributed by atoms with Gasteiger partial charge in [-0.1, -0.05) is 0 Å². The molecule has 0 bridgehead atoms. The van der Waals surface area contributed by atoms with E-state index in [9.17, 15) is 4.79 Å². The quantitative estimate of drug-likeness (QED) is 0.815. The Morgan fingerprint density at radius 2 is 1.81 bits per heavy atom. The van der Waals surface area contributed by atoms with Crippen molar-refractivity contribution in [3.8, 4) is 17.2 Å². The van der Waals surface area contributed by atoms with Gasteiger partial charge < -0.3 is 19.5 Å². The molecule has 0 radical (unpaired) electrons. The van der Waals surface area contributed by atoms with Crippen LogP contribution in [0.15, 0.2) is 18.5 Å². The number of ether oxygens (including phenoxy) is 3. The summed E-state index contributed by atoms with van der Waals surface area (Å²) in [6.45, 7) is 0.232. The number of carbonyl (C=O) groups is 1. The molecule has 0 aliphatic carbocycles. The molecule has 0 fully saturated rings. The van der Waals surface area contributed by atoms with Crippen LogP contribution in [0.4, 0.5) is 0 Å². The molecule has 0 unspecified atom stereocenters. The van der Waals surface area contributed by atoms with Gasteiger partial charge >= 0.3 is 0 Å². The molecule has 0 saturated heterocycles. The fourth-order valence-electron chi connectivity index (χ4n) is 1.78. The van der Waals surface area contributed by atoms with Gasteiger partial charge in [0.2, 0.25) is 0 Å². The highest BCUT2D eigenvalue weighted by Crippen LogP contribution is 2.34. The number of methoxy groups -OCH3 is 3. The lowest BCUT2D eigenvalue weighted by Crippen LogP contribution is -2.24. The Hall–Kier alpha value is -2.77. The van der Waals surface area contributed by atoms with Crippen molar-refractivity contribution in [1.29, 1.82) is 0 Å². The van der Waals surface area contributed by atoms with E-state index in [2.05, 4.69) is 20.5 Å².